The summed E-state index contributed by atoms with van der Waals surface area (Å²) in [5.74, 6) is 2.80. The summed E-state index contributed by atoms with van der Waals surface area (Å²) in [7, 11) is 3.29. The van der Waals surface area contributed by atoms with E-state index in [0.29, 0.717) is 52.5 Å². The number of hydrogen-bond acceptors (Lipinski definition) is 11. The highest BCUT2D eigenvalue weighted by atomic mass is 32.2. The van der Waals surface area contributed by atoms with Crippen LogP contribution in [0.4, 0.5) is 5.82 Å². The van der Waals surface area contributed by atoms with Gasteiger partial charge in [-0.25, -0.2) is 14.6 Å². The molecule has 43 heavy (non-hydrogen) atoms. The summed E-state index contributed by atoms with van der Waals surface area (Å²) < 4.78 is 12.8. The number of nitrogens with zero attached hydrogens (tertiary/aromatic N) is 6. The number of fused-ring (bicyclic) bond motifs is 1. The molecule has 12 heteroatoms. The molecule has 2 heterocycles. The minimum absolute atomic E-state index is 0.152. The van der Waals surface area contributed by atoms with E-state index >= 15 is 0 Å². The first-order valence-electron chi connectivity index (χ1n) is 14.7. The van der Waals surface area contributed by atoms with Crippen molar-refractivity contribution in [2.75, 3.05) is 31.5 Å². The second-order valence-corrected chi connectivity index (χ2v) is 12.3. The van der Waals surface area contributed by atoms with Gasteiger partial charge in [-0.15, -0.1) is 5.10 Å². The summed E-state index contributed by atoms with van der Waals surface area (Å²) in [6, 6.07) is 15.9. The van der Waals surface area contributed by atoms with Crippen LogP contribution in [0, 0.1) is 5.92 Å². The second kappa shape index (κ2) is 12.7. The molecular weight excluding hydrogens is 568 g/mol. The molecule has 2 aliphatic carbocycles. The van der Waals surface area contributed by atoms with Crippen molar-refractivity contribution >= 4 is 28.7 Å². The van der Waals surface area contributed by atoms with Crippen LogP contribution in [0.2, 0.25) is 0 Å². The number of thioether (sulfide) groups is 1. The van der Waals surface area contributed by atoms with Crippen LogP contribution in [0.25, 0.3) is 11.2 Å². The molecule has 6 rings (SSSR count). The molecule has 2 fully saturated rings. The molecule has 3 N–H and O–H groups in total. The van der Waals surface area contributed by atoms with Crippen molar-refractivity contribution in [3.8, 4) is 11.5 Å². The van der Waals surface area contributed by atoms with Gasteiger partial charge in [0.25, 0.3) is 0 Å². The van der Waals surface area contributed by atoms with Crippen LogP contribution in [0.5, 0.6) is 11.5 Å². The molecule has 6 atom stereocenters. The Morgan fingerprint density at radius 1 is 1.02 bits per heavy atom. The van der Waals surface area contributed by atoms with Crippen molar-refractivity contribution in [3.63, 3.8) is 0 Å². The maximum atomic E-state index is 10.9. The molecule has 4 aromatic rings. The maximum Gasteiger partial charge on any atom is 0.191 e. The highest BCUT2D eigenvalue weighted by Crippen LogP contribution is 2.48. The summed E-state index contributed by atoms with van der Waals surface area (Å²) in [6.07, 6.45) is 0.111. The molecule has 11 nitrogen and oxygen atoms in total. The van der Waals surface area contributed by atoms with Crippen molar-refractivity contribution in [1.29, 1.82) is 0 Å². The third kappa shape index (κ3) is 5.76. The number of aliphatic hydroxyl groups is 3. The lowest BCUT2D eigenvalue weighted by Gasteiger charge is -2.26. The molecule has 0 radical (unpaired) electrons. The minimum atomic E-state index is -1.10. The topological polar surface area (TPSA) is 139 Å². The zero-order chi connectivity index (χ0) is 30.1. The average Bonchev–Trinajstić information content (AvgIpc) is 3.65. The van der Waals surface area contributed by atoms with Crippen molar-refractivity contribution in [2.45, 2.75) is 68.1 Å². The summed E-state index contributed by atoms with van der Waals surface area (Å²) >= 11 is 1.57. The van der Waals surface area contributed by atoms with Crippen molar-refractivity contribution < 1.29 is 24.8 Å². The van der Waals surface area contributed by atoms with Crippen LogP contribution in [-0.4, -0.2) is 85.1 Å². The van der Waals surface area contributed by atoms with E-state index in [9.17, 15) is 15.3 Å². The number of aliphatic hydroxyl groups excluding tert-OH is 3. The highest BCUT2D eigenvalue weighted by Gasteiger charge is 2.46. The molecular formula is C31H38N6O5S. The molecule has 0 amide bonds. The molecule has 0 bridgehead atoms. The van der Waals surface area contributed by atoms with Gasteiger partial charge >= 0.3 is 0 Å². The summed E-state index contributed by atoms with van der Waals surface area (Å²) in [5, 5.41) is 40.8. The van der Waals surface area contributed by atoms with Crippen LogP contribution < -0.4 is 14.4 Å². The SMILES string of the molecule is CCCSc1nc(N(Cc2ccc(OC)cc2OC)C2CC2c2ccccc2)c2nnn([C@@H]3C[C@H](CO)[C@@H](O)[C@H]3O)c2n1. The largest absolute Gasteiger partial charge is 0.497 e. The van der Waals surface area contributed by atoms with Gasteiger partial charge in [0.15, 0.2) is 22.1 Å². The number of benzene rings is 2. The number of anilines is 1. The lowest BCUT2D eigenvalue weighted by atomic mass is 10.1. The van der Waals surface area contributed by atoms with E-state index in [1.807, 2.05) is 24.3 Å². The third-order valence-corrected chi connectivity index (χ3v) is 9.59. The van der Waals surface area contributed by atoms with E-state index in [2.05, 4.69) is 46.4 Å². The van der Waals surface area contributed by atoms with E-state index in [1.165, 1.54) is 5.56 Å². The van der Waals surface area contributed by atoms with Crippen LogP contribution in [0.1, 0.15) is 49.3 Å². The van der Waals surface area contributed by atoms with Gasteiger partial charge in [-0.1, -0.05) is 54.2 Å². The van der Waals surface area contributed by atoms with Gasteiger partial charge in [0, 0.05) is 48.4 Å². The zero-order valence-electron chi connectivity index (χ0n) is 24.6. The molecule has 0 aliphatic heterocycles. The molecule has 2 aromatic heterocycles. The van der Waals surface area contributed by atoms with Crippen molar-refractivity contribution in [1.82, 2.24) is 25.0 Å². The summed E-state index contributed by atoms with van der Waals surface area (Å²) in [4.78, 5) is 12.2. The monoisotopic (exact) mass is 606 g/mol. The van der Waals surface area contributed by atoms with E-state index < -0.39 is 24.2 Å². The zero-order valence-corrected chi connectivity index (χ0v) is 25.4. The number of hydrogen-bond donors (Lipinski definition) is 3. The first-order chi connectivity index (χ1) is 21.0. The third-order valence-electron chi connectivity index (χ3n) is 8.53. The minimum Gasteiger partial charge on any atom is -0.497 e. The van der Waals surface area contributed by atoms with Crippen LogP contribution >= 0.6 is 11.8 Å². The van der Waals surface area contributed by atoms with Gasteiger partial charge in [-0.05, 0) is 37.0 Å². The predicted octanol–water partition coefficient (Wildman–Crippen LogP) is 3.58. The van der Waals surface area contributed by atoms with Gasteiger partial charge in [0.2, 0.25) is 0 Å². The summed E-state index contributed by atoms with van der Waals surface area (Å²) in [5.41, 5.74) is 3.28. The second-order valence-electron chi connectivity index (χ2n) is 11.2. The number of ether oxygens (including phenoxy) is 2. The fraction of sp³-hybridized carbons (Fsp3) is 0.484. The van der Waals surface area contributed by atoms with Crippen molar-refractivity contribution in [3.05, 3.63) is 59.7 Å². The molecule has 228 valence electrons. The van der Waals surface area contributed by atoms with E-state index in [4.69, 9.17) is 19.4 Å². The van der Waals surface area contributed by atoms with Crippen LogP contribution in [0.15, 0.2) is 53.7 Å². The molecule has 0 saturated heterocycles. The Morgan fingerprint density at radius 2 is 1.84 bits per heavy atom. The van der Waals surface area contributed by atoms with E-state index in [1.54, 1.807) is 30.7 Å². The Kier molecular flexibility index (Phi) is 8.71. The molecule has 2 unspecified atom stereocenters. The normalized spacial score (nSPS) is 24.8. The Balaban J connectivity index is 1.46. The molecule has 2 saturated carbocycles. The van der Waals surface area contributed by atoms with E-state index in [0.717, 1.165) is 24.2 Å². The standard InChI is InChI=1S/C31H38N6O5S/c1-4-12-43-31-32-29(26-30(33-31)37(35-34-26)24-13-20(17-38)27(39)28(24)40)36(23-15-22(23)18-8-6-5-7-9-18)16-19-10-11-21(41-2)14-25(19)42-3/h5-11,14,20,22-24,27-28,38-40H,4,12-13,15-17H2,1-3H3/t20-,22?,23?,24-,27-,28+/m1/s1. The van der Waals surface area contributed by atoms with Gasteiger partial charge in [0.1, 0.15) is 17.6 Å². The van der Waals surface area contributed by atoms with Gasteiger partial charge in [-0.2, -0.15) is 0 Å². The van der Waals surface area contributed by atoms with Crippen LogP contribution in [0.3, 0.4) is 0 Å². The first kappa shape index (κ1) is 29.6. The average molecular weight is 607 g/mol. The van der Waals surface area contributed by atoms with E-state index in [-0.39, 0.29) is 12.6 Å². The lowest BCUT2D eigenvalue weighted by molar-refractivity contribution is -0.00512. The van der Waals surface area contributed by atoms with Gasteiger partial charge in [-0.3, -0.25) is 0 Å². The maximum absolute atomic E-state index is 10.9. The predicted molar refractivity (Wildman–Crippen MR) is 164 cm³/mol. The Labute approximate surface area is 254 Å². The lowest BCUT2D eigenvalue weighted by Crippen LogP contribution is -2.31. The molecule has 2 aromatic carbocycles. The van der Waals surface area contributed by atoms with Gasteiger partial charge < -0.3 is 29.7 Å². The Hall–Kier alpha value is -3.45. The molecule has 0 spiro atoms. The highest BCUT2D eigenvalue weighted by molar-refractivity contribution is 7.99. The Bertz CT molecular complexity index is 1550. The number of aromatic nitrogens is 5. The number of methoxy groups -OCH3 is 2. The fourth-order valence-corrected chi connectivity index (χ4v) is 6.79. The molecule has 2 aliphatic rings. The smallest absolute Gasteiger partial charge is 0.191 e. The van der Waals surface area contributed by atoms with Gasteiger partial charge in [0.05, 0.1) is 26.4 Å². The first-order valence-corrected chi connectivity index (χ1v) is 15.7. The van der Waals surface area contributed by atoms with Crippen LogP contribution in [-0.2, 0) is 6.54 Å². The summed E-state index contributed by atoms with van der Waals surface area (Å²) in [6.45, 7) is 2.40. The fourth-order valence-electron chi connectivity index (χ4n) is 6.10. The quantitative estimate of drug-likeness (QED) is 0.161. The number of rotatable bonds is 12. The van der Waals surface area contributed by atoms with Crippen molar-refractivity contribution in [2.24, 2.45) is 5.92 Å². The Morgan fingerprint density at radius 3 is 2.53 bits per heavy atom.